The summed E-state index contributed by atoms with van der Waals surface area (Å²) in [7, 11) is 1.74. The molecule has 2 heterocycles. The van der Waals surface area contributed by atoms with Crippen molar-refractivity contribution in [3.05, 3.63) is 10.6 Å². The highest BCUT2D eigenvalue weighted by atomic mass is 32.1. The maximum absolute atomic E-state index is 5.07. The Hall–Kier alpha value is -0.650. The predicted molar refractivity (Wildman–Crippen MR) is 85.7 cm³/mol. The zero-order chi connectivity index (χ0) is 14.4. The number of nitrogens with zero attached hydrogens (tertiary/aromatic N) is 2. The number of rotatable bonds is 8. The molecule has 1 fully saturated rings. The average molecular weight is 297 g/mol. The minimum atomic E-state index is 0.762. The molecule has 1 atom stereocenters. The van der Waals surface area contributed by atoms with Gasteiger partial charge >= 0.3 is 0 Å². The normalized spacial score (nSPS) is 18.9. The number of hydrogen-bond donors (Lipinski definition) is 1. The van der Waals surface area contributed by atoms with Gasteiger partial charge in [0.05, 0.1) is 12.3 Å². The van der Waals surface area contributed by atoms with Crippen LogP contribution < -0.4 is 10.2 Å². The lowest BCUT2D eigenvalue weighted by Crippen LogP contribution is -2.18. The summed E-state index contributed by atoms with van der Waals surface area (Å²) in [6, 6.07) is 0. The number of thiazole rings is 1. The maximum Gasteiger partial charge on any atom is 0.185 e. The molecule has 0 amide bonds. The van der Waals surface area contributed by atoms with E-state index < -0.39 is 0 Å². The molecular formula is C15H27N3OS. The van der Waals surface area contributed by atoms with Crippen molar-refractivity contribution in [2.24, 2.45) is 5.92 Å². The van der Waals surface area contributed by atoms with Gasteiger partial charge in [0.2, 0.25) is 0 Å². The largest absolute Gasteiger partial charge is 0.383 e. The summed E-state index contributed by atoms with van der Waals surface area (Å²) in [5.41, 5.74) is 1.29. The van der Waals surface area contributed by atoms with Gasteiger partial charge in [-0.2, -0.15) is 0 Å². The minimum Gasteiger partial charge on any atom is -0.383 e. The molecule has 1 aromatic rings. The lowest BCUT2D eigenvalue weighted by molar-refractivity contribution is 0.199. The predicted octanol–water partition coefficient (Wildman–Crippen LogP) is 2.68. The molecule has 1 saturated heterocycles. The van der Waals surface area contributed by atoms with Crippen molar-refractivity contribution >= 4 is 16.5 Å². The Kier molecular flexibility index (Phi) is 6.26. The van der Waals surface area contributed by atoms with Gasteiger partial charge in [-0.3, -0.25) is 0 Å². The van der Waals surface area contributed by atoms with E-state index in [4.69, 9.17) is 9.72 Å². The van der Waals surface area contributed by atoms with Crippen LogP contribution in [-0.4, -0.2) is 38.3 Å². The molecule has 0 aliphatic carbocycles. The third-order valence-electron chi connectivity index (χ3n) is 3.72. The number of ether oxygens (including phenoxy) is 1. The third kappa shape index (κ3) is 4.17. The molecule has 114 valence electrons. The number of methoxy groups -OCH3 is 1. The van der Waals surface area contributed by atoms with Crippen LogP contribution in [0, 0.1) is 5.92 Å². The van der Waals surface area contributed by atoms with Gasteiger partial charge in [0.1, 0.15) is 0 Å². The van der Waals surface area contributed by atoms with E-state index in [1.807, 2.05) is 11.3 Å². The van der Waals surface area contributed by atoms with Crippen LogP contribution in [0.5, 0.6) is 0 Å². The van der Waals surface area contributed by atoms with Gasteiger partial charge in [-0.05, 0) is 18.8 Å². The van der Waals surface area contributed by atoms with Crippen LogP contribution in [0.3, 0.4) is 0 Å². The van der Waals surface area contributed by atoms with E-state index in [1.54, 1.807) is 7.11 Å². The molecular weight excluding hydrogens is 270 g/mol. The summed E-state index contributed by atoms with van der Waals surface area (Å²) in [5, 5.41) is 4.66. The smallest absolute Gasteiger partial charge is 0.185 e. The van der Waals surface area contributed by atoms with Crippen LogP contribution in [0.4, 0.5) is 5.13 Å². The minimum absolute atomic E-state index is 0.762. The number of aromatic nitrogens is 1. The zero-order valence-corrected chi connectivity index (χ0v) is 13.8. The molecule has 1 aromatic heterocycles. The summed E-state index contributed by atoms with van der Waals surface area (Å²) >= 11 is 1.87. The van der Waals surface area contributed by atoms with Crippen molar-refractivity contribution in [1.29, 1.82) is 0 Å². The van der Waals surface area contributed by atoms with Crippen molar-refractivity contribution in [3.8, 4) is 0 Å². The lowest BCUT2D eigenvalue weighted by atomic mass is 10.2. The van der Waals surface area contributed by atoms with Crippen molar-refractivity contribution in [3.63, 3.8) is 0 Å². The fourth-order valence-electron chi connectivity index (χ4n) is 2.56. The van der Waals surface area contributed by atoms with Gasteiger partial charge in [0.25, 0.3) is 0 Å². The summed E-state index contributed by atoms with van der Waals surface area (Å²) in [6.45, 7) is 9.45. The molecule has 0 radical (unpaired) electrons. The van der Waals surface area contributed by atoms with E-state index in [2.05, 4.69) is 24.1 Å². The molecule has 0 bridgehead atoms. The van der Waals surface area contributed by atoms with Crippen LogP contribution in [-0.2, 0) is 17.7 Å². The fourth-order valence-corrected chi connectivity index (χ4v) is 3.67. The Labute approximate surface area is 126 Å². The fraction of sp³-hybridized carbons (Fsp3) is 0.800. The Bertz CT molecular complexity index is 408. The Morgan fingerprint density at radius 3 is 3.00 bits per heavy atom. The Morgan fingerprint density at radius 1 is 1.50 bits per heavy atom. The van der Waals surface area contributed by atoms with Gasteiger partial charge in [0.15, 0.2) is 5.13 Å². The van der Waals surface area contributed by atoms with E-state index in [9.17, 15) is 0 Å². The average Bonchev–Trinajstić information content (AvgIpc) is 3.02. The van der Waals surface area contributed by atoms with E-state index in [1.165, 1.54) is 22.1 Å². The number of anilines is 1. The highest BCUT2D eigenvalue weighted by Gasteiger charge is 2.22. The first kappa shape index (κ1) is 15.7. The van der Waals surface area contributed by atoms with E-state index in [0.717, 1.165) is 51.5 Å². The van der Waals surface area contributed by atoms with Crippen LogP contribution in [0.2, 0.25) is 0 Å². The maximum atomic E-state index is 5.07. The molecule has 1 aliphatic rings. The first-order valence-corrected chi connectivity index (χ1v) is 8.49. The summed E-state index contributed by atoms with van der Waals surface area (Å²) in [5.74, 6) is 0.803. The summed E-state index contributed by atoms with van der Waals surface area (Å²) < 4.78 is 5.07. The molecule has 2 rings (SSSR count). The van der Waals surface area contributed by atoms with Crippen molar-refractivity contribution in [1.82, 2.24) is 10.3 Å². The quantitative estimate of drug-likeness (QED) is 0.749. The van der Waals surface area contributed by atoms with E-state index in [-0.39, 0.29) is 0 Å². The lowest BCUT2D eigenvalue weighted by Gasteiger charge is -2.13. The van der Waals surface area contributed by atoms with Crippen LogP contribution in [0.1, 0.15) is 37.3 Å². The van der Waals surface area contributed by atoms with E-state index >= 15 is 0 Å². The number of nitrogens with one attached hydrogen (secondary N) is 1. The standard InChI is InChI=1S/C15H27N3OS/c1-4-5-13-14(10-16-7-9-19-3)20-15(17-13)18-8-6-12(2)11-18/h12,16H,4-11H2,1-3H3. The van der Waals surface area contributed by atoms with Gasteiger partial charge in [0, 0.05) is 38.2 Å². The van der Waals surface area contributed by atoms with Gasteiger partial charge < -0.3 is 15.0 Å². The zero-order valence-electron chi connectivity index (χ0n) is 12.9. The first-order valence-electron chi connectivity index (χ1n) is 7.67. The SMILES string of the molecule is CCCc1nc(N2CCC(C)C2)sc1CNCCOC. The van der Waals surface area contributed by atoms with Crippen LogP contribution in [0.15, 0.2) is 0 Å². The second-order valence-electron chi connectivity index (χ2n) is 5.63. The van der Waals surface area contributed by atoms with Crippen molar-refractivity contribution in [2.45, 2.75) is 39.7 Å². The molecule has 1 unspecified atom stereocenters. The Balaban J connectivity index is 1.99. The van der Waals surface area contributed by atoms with Gasteiger partial charge in [-0.25, -0.2) is 4.98 Å². The third-order valence-corrected chi connectivity index (χ3v) is 4.88. The summed E-state index contributed by atoms with van der Waals surface area (Å²) in [4.78, 5) is 8.74. The van der Waals surface area contributed by atoms with Crippen LogP contribution in [0.25, 0.3) is 0 Å². The number of aryl methyl sites for hydroxylation is 1. The Morgan fingerprint density at radius 2 is 2.35 bits per heavy atom. The molecule has 0 spiro atoms. The molecule has 20 heavy (non-hydrogen) atoms. The molecule has 1 aliphatic heterocycles. The number of hydrogen-bond acceptors (Lipinski definition) is 5. The molecule has 0 aromatic carbocycles. The van der Waals surface area contributed by atoms with Crippen molar-refractivity contribution < 1.29 is 4.74 Å². The molecule has 4 nitrogen and oxygen atoms in total. The van der Waals surface area contributed by atoms with E-state index in [0.29, 0.717) is 0 Å². The molecule has 5 heteroatoms. The second kappa shape index (κ2) is 7.96. The topological polar surface area (TPSA) is 37.4 Å². The monoisotopic (exact) mass is 297 g/mol. The van der Waals surface area contributed by atoms with Crippen LogP contribution >= 0.6 is 11.3 Å². The molecule has 0 saturated carbocycles. The van der Waals surface area contributed by atoms with Gasteiger partial charge in [-0.15, -0.1) is 11.3 Å². The second-order valence-corrected chi connectivity index (χ2v) is 6.69. The highest BCUT2D eigenvalue weighted by Crippen LogP contribution is 2.31. The molecule has 1 N–H and O–H groups in total. The van der Waals surface area contributed by atoms with Gasteiger partial charge in [-0.1, -0.05) is 20.3 Å². The highest BCUT2D eigenvalue weighted by molar-refractivity contribution is 7.15. The van der Waals surface area contributed by atoms with Crippen molar-refractivity contribution in [2.75, 3.05) is 38.3 Å². The first-order chi connectivity index (χ1) is 9.74. The summed E-state index contributed by atoms with van der Waals surface area (Å²) in [6.07, 6.45) is 3.54.